The number of amides is 2. The number of ether oxygens (including phenoxy) is 1. The standard InChI is InChI=1S/C27H30N2O5S/c1-15(2)25-29(22(14-35-25)26(31)32)24(30)23(16-11-12-16)28-27(33)34-13-21-19-9-5-3-7-17(19)18-8-4-6-10-20(18)21/h3-10,15-16,21-23,25H,11-14H2,1-2H3,(H,28,33)(H,31,32). The largest absolute Gasteiger partial charge is 0.480 e. The van der Waals surface area contributed by atoms with Crippen LogP contribution < -0.4 is 5.32 Å². The Morgan fingerprint density at radius 1 is 1.06 bits per heavy atom. The molecule has 1 heterocycles. The molecule has 1 saturated heterocycles. The van der Waals surface area contributed by atoms with Crippen molar-refractivity contribution in [2.75, 3.05) is 12.4 Å². The number of carboxylic acid groups (broad SMARTS) is 1. The first-order valence-electron chi connectivity index (χ1n) is 12.1. The van der Waals surface area contributed by atoms with Gasteiger partial charge in [0.25, 0.3) is 0 Å². The van der Waals surface area contributed by atoms with E-state index in [9.17, 15) is 19.5 Å². The smallest absolute Gasteiger partial charge is 0.407 e. The highest BCUT2D eigenvalue weighted by Gasteiger charge is 2.48. The number of carboxylic acids is 1. The predicted octanol–water partition coefficient (Wildman–Crippen LogP) is 4.31. The molecule has 3 aliphatic rings. The maximum Gasteiger partial charge on any atom is 0.407 e. The summed E-state index contributed by atoms with van der Waals surface area (Å²) in [6.07, 6.45) is 1.01. The van der Waals surface area contributed by atoms with Gasteiger partial charge >= 0.3 is 12.1 Å². The zero-order chi connectivity index (χ0) is 24.7. The maximum atomic E-state index is 13.6. The third-order valence-electron chi connectivity index (χ3n) is 7.12. The van der Waals surface area contributed by atoms with Gasteiger partial charge in [-0.05, 0) is 46.9 Å². The van der Waals surface area contributed by atoms with E-state index in [-0.39, 0.29) is 35.6 Å². The van der Waals surface area contributed by atoms with Gasteiger partial charge in [-0.2, -0.15) is 0 Å². The van der Waals surface area contributed by atoms with Crippen LogP contribution in [0.3, 0.4) is 0 Å². The van der Waals surface area contributed by atoms with Gasteiger partial charge in [0.15, 0.2) is 0 Å². The van der Waals surface area contributed by atoms with E-state index >= 15 is 0 Å². The van der Waals surface area contributed by atoms with Gasteiger partial charge in [0, 0.05) is 11.7 Å². The van der Waals surface area contributed by atoms with E-state index in [4.69, 9.17) is 4.74 Å². The van der Waals surface area contributed by atoms with Crippen molar-refractivity contribution in [3.63, 3.8) is 0 Å². The summed E-state index contributed by atoms with van der Waals surface area (Å²) in [6, 6.07) is 14.6. The van der Waals surface area contributed by atoms with E-state index in [1.54, 1.807) is 0 Å². The summed E-state index contributed by atoms with van der Waals surface area (Å²) in [5.41, 5.74) is 4.53. The average molecular weight is 495 g/mol. The Balaban J connectivity index is 1.29. The number of hydrogen-bond acceptors (Lipinski definition) is 5. The zero-order valence-electron chi connectivity index (χ0n) is 19.8. The molecule has 3 atom stereocenters. The van der Waals surface area contributed by atoms with Crippen LogP contribution in [-0.4, -0.2) is 57.8 Å². The maximum absolute atomic E-state index is 13.6. The Morgan fingerprint density at radius 2 is 1.66 bits per heavy atom. The molecule has 2 fully saturated rings. The van der Waals surface area contributed by atoms with Crippen LogP contribution in [0.25, 0.3) is 11.1 Å². The molecule has 7 nitrogen and oxygen atoms in total. The van der Waals surface area contributed by atoms with Gasteiger partial charge in [-0.15, -0.1) is 11.8 Å². The summed E-state index contributed by atoms with van der Waals surface area (Å²) in [6.45, 7) is 4.12. The molecular weight excluding hydrogens is 464 g/mol. The minimum Gasteiger partial charge on any atom is -0.480 e. The lowest BCUT2D eigenvalue weighted by atomic mass is 9.98. The summed E-state index contributed by atoms with van der Waals surface area (Å²) in [7, 11) is 0. The fourth-order valence-electron chi connectivity index (χ4n) is 5.25. The topological polar surface area (TPSA) is 95.9 Å². The number of thioether (sulfide) groups is 1. The van der Waals surface area contributed by atoms with Crippen LogP contribution in [0.4, 0.5) is 4.79 Å². The second-order valence-corrected chi connectivity index (χ2v) is 11.0. The Hall–Kier alpha value is -3.00. The highest BCUT2D eigenvalue weighted by Crippen LogP contribution is 2.44. The SMILES string of the molecule is CC(C)C1SCC(C(=O)O)N1C(=O)C(NC(=O)OCC1c2ccccc2-c2ccccc21)C1CC1. The van der Waals surface area contributed by atoms with Gasteiger partial charge in [0.2, 0.25) is 5.91 Å². The number of benzene rings is 2. The molecule has 1 aliphatic heterocycles. The molecule has 8 heteroatoms. The second kappa shape index (κ2) is 9.57. The van der Waals surface area contributed by atoms with Gasteiger partial charge in [0.1, 0.15) is 18.7 Å². The molecule has 5 rings (SSSR count). The minimum absolute atomic E-state index is 0.0100. The van der Waals surface area contributed by atoms with E-state index in [2.05, 4.69) is 29.6 Å². The number of aliphatic carboxylic acids is 1. The Kier molecular flexibility index (Phi) is 6.49. The van der Waals surface area contributed by atoms with Crippen LogP contribution in [0.2, 0.25) is 0 Å². The Bertz CT molecular complexity index is 1100. The van der Waals surface area contributed by atoms with Crippen molar-refractivity contribution in [3.05, 3.63) is 59.7 Å². The van der Waals surface area contributed by atoms with Crippen LogP contribution in [-0.2, 0) is 14.3 Å². The molecule has 3 unspecified atom stereocenters. The Labute approximate surface area is 209 Å². The van der Waals surface area contributed by atoms with E-state index in [0.29, 0.717) is 5.75 Å². The van der Waals surface area contributed by atoms with Gasteiger partial charge in [-0.25, -0.2) is 9.59 Å². The van der Waals surface area contributed by atoms with Crippen LogP contribution in [0.5, 0.6) is 0 Å². The first kappa shape index (κ1) is 23.7. The molecule has 0 spiro atoms. The molecular formula is C27H30N2O5S. The first-order valence-corrected chi connectivity index (χ1v) is 13.2. The lowest BCUT2D eigenvalue weighted by Crippen LogP contribution is -2.56. The van der Waals surface area contributed by atoms with Gasteiger partial charge in [0.05, 0.1) is 5.37 Å². The van der Waals surface area contributed by atoms with E-state index < -0.39 is 24.1 Å². The molecule has 35 heavy (non-hydrogen) atoms. The number of alkyl carbamates (subject to hydrolysis) is 1. The predicted molar refractivity (Wildman–Crippen MR) is 134 cm³/mol. The summed E-state index contributed by atoms with van der Waals surface area (Å²) in [5, 5.41) is 12.3. The number of hydrogen-bond donors (Lipinski definition) is 2. The molecule has 2 aliphatic carbocycles. The molecule has 2 N–H and O–H groups in total. The number of rotatable bonds is 7. The normalized spacial score (nSPS) is 22.0. The van der Waals surface area contributed by atoms with E-state index in [0.717, 1.165) is 35.1 Å². The molecule has 1 saturated carbocycles. The number of fused-ring (bicyclic) bond motifs is 3. The number of nitrogens with one attached hydrogen (secondary N) is 1. The fourth-order valence-corrected chi connectivity index (χ4v) is 6.73. The highest BCUT2D eigenvalue weighted by atomic mass is 32.2. The summed E-state index contributed by atoms with van der Waals surface area (Å²) in [4.78, 5) is 39.8. The van der Waals surface area contributed by atoms with Gasteiger partial charge < -0.3 is 20.1 Å². The van der Waals surface area contributed by atoms with Crippen molar-refractivity contribution in [1.29, 1.82) is 0 Å². The van der Waals surface area contributed by atoms with Gasteiger partial charge in [-0.1, -0.05) is 62.4 Å². The Morgan fingerprint density at radius 3 is 2.20 bits per heavy atom. The average Bonchev–Trinajstić information content (AvgIpc) is 3.49. The van der Waals surface area contributed by atoms with Crippen LogP contribution in [0.15, 0.2) is 48.5 Å². The zero-order valence-corrected chi connectivity index (χ0v) is 20.7. The molecule has 184 valence electrons. The van der Waals surface area contributed by atoms with Crippen molar-refractivity contribution in [2.45, 2.75) is 50.1 Å². The molecule has 2 aromatic carbocycles. The molecule has 0 radical (unpaired) electrons. The fraction of sp³-hybridized carbons (Fsp3) is 0.444. The highest BCUT2D eigenvalue weighted by molar-refractivity contribution is 8.00. The van der Waals surface area contributed by atoms with Crippen molar-refractivity contribution < 1.29 is 24.2 Å². The molecule has 0 aromatic heterocycles. The van der Waals surface area contributed by atoms with Crippen LogP contribution in [0.1, 0.15) is 43.7 Å². The van der Waals surface area contributed by atoms with E-state index in [1.807, 2.05) is 38.1 Å². The van der Waals surface area contributed by atoms with E-state index in [1.165, 1.54) is 16.7 Å². The van der Waals surface area contributed by atoms with Crippen LogP contribution in [0, 0.1) is 11.8 Å². The number of nitrogens with zero attached hydrogens (tertiary/aromatic N) is 1. The minimum atomic E-state index is -1.01. The van der Waals surface area contributed by atoms with Crippen molar-refractivity contribution in [2.24, 2.45) is 11.8 Å². The van der Waals surface area contributed by atoms with Crippen molar-refractivity contribution in [3.8, 4) is 11.1 Å². The lowest BCUT2D eigenvalue weighted by molar-refractivity contribution is -0.150. The summed E-state index contributed by atoms with van der Waals surface area (Å²) in [5.74, 6) is -0.938. The quantitative estimate of drug-likeness (QED) is 0.595. The van der Waals surface area contributed by atoms with Crippen molar-refractivity contribution in [1.82, 2.24) is 10.2 Å². The third kappa shape index (κ3) is 4.51. The second-order valence-electron chi connectivity index (χ2n) is 9.85. The van der Waals surface area contributed by atoms with Gasteiger partial charge in [-0.3, -0.25) is 4.79 Å². The monoisotopic (exact) mass is 494 g/mol. The molecule has 0 bridgehead atoms. The lowest BCUT2D eigenvalue weighted by Gasteiger charge is -2.33. The van der Waals surface area contributed by atoms with Crippen LogP contribution >= 0.6 is 11.8 Å². The van der Waals surface area contributed by atoms with Crippen molar-refractivity contribution >= 4 is 29.7 Å². The molecule has 2 aromatic rings. The number of carbonyl (C=O) groups is 3. The summed E-state index contributed by atoms with van der Waals surface area (Å²) < 4.78 is 5.67. The molecule has 2 amide bonds. The first-order chi connectivity index (χ1) is 16.9. The summed E-state index contributed by atoms with van der Waals surface area (Å²) >= 11 is 1.49. The third-order valence-corrected chi connectivity index (χ3v) is 8.74. The number of carbonyl (C=O) groups excluding carboxylic acids is 2.